The summed E-state index contributed by atoms with van der Waals surface area (Å²) in [6.07, 6.45) is 0. The van der Waals surface area contributed by atoms with E-state index in [1.807, 2.05) is 18.2 Å². The number of furan rings is 2. The zero-order valence-electron chi connectivity index (χ0n) is 35.3. The number of para-hydroxylation sites is 2. The maximum absolute atomic E-state index is 6.51. The van der Waals surface area contributed by atoms with Gasteiger partial charge in [0, 0.05) is 44.2 Å². The molecule has 0 aliphatic carbocycles. The van der Waals surface area contributed by atoms with Crippen LogP contribution < -0.4 is 4.90 Å². The van der Waals surface area contributed by atoms with Crippen molar-refractivity contribution in [2.24, 2.45) is 0 Å². The van der Waals surface area contributed by atoms with Gasteiger partial charge in [-0.05, 0) is 127 Å². The van der Waals surface area contributed by atoms with E-state index in [0.717, 1.165) is 94.3 Å². The van der Waals surface area contributed by atoms with Crippen LogP contribution >= 0.6 is 0 Å². The first-order valence-corrected chi connectivity index (χ1v) is 22.1. The molecular weight excluding hydrogens is 791 g/mol. The Morgan fingerprint density at radius 1 is 0.262 bits per heavy atom. The number of anilines is 3. The SMILES string of the molecule is c1ccc(-c2cccc3c2oc2ccc(-c4ccc(N(c5ccc(-c6ccc7c(ccc8ccccc87)c6)cc5)c5ccc(-c6cccc7oc8ccccc8c67)cc5)cc4)cc23)cc1. The van der Waals surface area contributed by atoms with Gasteiger partial charge in [0.2, 0.25) is 0 Å². The van der Waals surface area contributed by atoms with E-state index in [1.165, 1.54) is 32.7 Å². The molecule has 0 atom stereocenters. The summed E-state index contributed by atoms with van der Waals surface area (Å²) in [5.41, 5.74) is 16.0. The molecule has 3 heteroatoms. The standard InChI is InChI=1S/C62H39NO2/c1-2-10-42(11-3-1)54-16-8-17-55-57-39-46(29-37-59(57)65-62(54)55)41-24-32-49(33-25-41)63(50-34-26-44(27-35-50)53-15-9-19-60-61(53)56-14-6-7-18-58(56)64-60)48-30-22-40(23-31-48)45-28-36-52-47(38-45)21-20-43-12-4-5-13-51(43)52/h1-39H. The van der Waals surface area contributed by atoms with Crippen molar-refractivity contribution < 1.29 is 8.83 Å². The van der Waals surface area contributed by atoms with E-state index in [1.54, 1.807) is 0 Å². The zero-order valence-corrected chi connectivity index (χ0v) is 35.3. The molecule has 304 valence electrons. The van der Waals surface area contributed by atoms with Gasteiger partial charge in [-0.3, -0.25) is 0 Å². The summed E-state index contributed by atoms with van der Waals surface area (Å²) in [7, 11) is 0. The molecule has 0 aliphatic heterocycles. The Morgan fingerprint density at radius 3 is 1.55 bits per heavy atom. The van der Waals surface area contributed by atoms with Crippen molar-refractivity contribution in [1.82, 2.24) is 0 Å². The van der Waals surface area contributed by atoms with Crippen molar-refractivity contribution in [2.75, 3.05) is 4.90 Å². The highest BCUT2D eigenvalue weighted by Crippen LogP contribution is 2.42. The lowest BCUT2D eigenvalue weighted by Crippen LogP contribution is -2.09. The highest BCUT2D eigenvalue weighted by atomic mass is 16.3. The van der Waals surface area contributed by atoms with E-state index in [0.29, 0.717) is 0 Å². The molecule has 0 bridgehead atoms. The molecular formula is C62H39NO2. The van der Waals surface area contributed by atoms with E-state index in [9.17, 15) is 0 Å². The molecule has 0 saturated carbocycles. The predicted molar refractivity (Wildman–Crippen MR) is 272 cm³/mol. The lowest BCUT2D eigenvalue weighted by molar-refractivity contribution is 0.669. The van der Waals surface area contributed by atoms with Crippen LogP contribution in [0.4, 0.5) is 17.1 Å². The monoisotopic (exact) mass is 829 g/mol. The molecule has 0 amide bonds. The average Bonchev–Trinajstić information content (AvgIpc) is 3.96. The molecule has 0 aliphatic rings. The molecule has 13 aromatic rings. The van der Waals surface area contributed by atoms with Crippen LogP contribution in [-0.2, 0) is 0 Å². The van der Waals surface area contributed by atoms with Gasteiger partial charge in [-0.1, -0.05) is 170 Å². The lowest BCUT2D eigenvalue weighted by atomic mass is 9.97. The summed E-state index contributed by atoms with van der Waals surface area (Å²) in [5.74, 6) is 0. The van der Waals surface area contributed by atoms with Crippen molar-refractivity contribution in [1.29, 1.82) is 0 Å². The highest BCUT2D eigenvalue weighted by Gasteiger charge is 2.18. The second-order valence-electron chi connectivity index (χ2n) is 16.8. The van der Waals surface area contributed by atoms with Gasteiger partial charge in [0.1, 0.15) is 22.3 Å². The topological polar surface area (TPSA) is 29.5 Å². The number of nitrogens with zero attached hydrogens (tertiary/aromatic N) is 1. The third kappa shape index (κ3) is 6.28. The quantitative estimate of drug-likeness (QED) is 0.150. The number of hydrogen-bond donors (Lipinski definition) is 0. The van der Waals surface area contributed by atoms with Crippen LogP contribution in [0.15, 0.2) is 245 Å². The van der Waals surface area contributed by atoms with E-state index < -0.39 is 0 Å². The summed E-state index contributed by atoms with van der Waals surface area (Å²) in [4.78, 5) is 2.34. The van der Waals surface area contributed by atoms with Crippen LogP contribution in [0.2, 0.25) is 0 Å². The van der Waals surface area contributed by atoms with Crippen LogP contribution in [0, 0.1) is 0 Å². The third-order valence-corrected chi connectivity index (χ3v) is 13.1. The molecule has 11 aromatic carbocycles. The summed E-state index contributed by atoms with van der Waals surface area (Å²) < 4.78 is 12.8. The fourth-order valence-corrected chi connectivity index (χ4v) is 9.87. The average molecular weight is 830 g/mol. The second-order valence-corrected chi connectivity index (χ2v) is 16.8. The summed E-state index contributed by atoms with van der Waals surface area (Å²) in [6.45, 7) is 0. The predicted octanol–water partition coefficient (Wildman–Crippen LogP) is 17.9. The normalized spacial score (nSPS) is 11.7. The second kappa shape index (κ2) is 15.0. The van der Waals surface area contributed by atoms with Gasteiger partial charge in [-0.2, -0.15) is 0 Å². The largest absolute Gasteiger partial charge is 0.456 e. The van der Waals surface area contributed by atoms with Crippen molar-refractivity contribution in [2.45, 2.75) is 0 Å². The summed E-state index contributed by atoms with van der Waals surface area (Å²) >= 11 is 0. The molecule has 0 N–H and O–H groups in total. The summed E-state index contributed by atoms with van der Waals surface area (Å²) in [5, 5.41) is 9.54. The fourth-order valence-electron chi connectivity index (χ4n) is 9.87. The first-order chi connectivity index (χ1) is 32.2. The van der Waals surface area contributed by atoms with Crippen LogP contribution in [0.5, 0.6) is 0 Å². The van der Waals surface area contributed by atoms with Gasteiger partial charge in [0.25, 0.3) is 0 Å². The molecule has 2 heterocycles. The Balaban J connectivity index is 0.880. The van der Waals surface area contributed by atoms with Crippen LogP contribution in [0.1, 0.15) is 0 Å². The van der Waals surface area contributed by atoms with Crippen molar-refractivity contribution in [3.8, 4) is 44.5 Å². The Hall–Kier alpha value is -8.66. The first kappa shape index (κ1) is 36.9. The van der Waals surface area contributed by atoms with Gasteiger partial charge < -0.3 is 13.7 Å². The van der Waals surface area contributed by atoms with E-state index in [4.69, 9.17) is 8.83 Å². The van der Waals surface area contributed by atoms with Gasteiger partial charge in [-0.25, -0.2) is 0 Å². The minimum atomic E-state index is 0.885. The Labute approximate surface area is 375 Å². The van der Waals surface area contributed by atoms with E-state index in [2.05, 4.69) is 223 Å². The smallest absolute Gasteiger partial charge is 0.143 e. The maximum Gasteiger partial charge on any atom is 0.143 e. The number of rotatable bonds is 7. The zero-order chi connectivity index (χ0) is 42.8. The van der Waals surface area contributed by atoms with Gasteiger partial charge in [0.05, 0.1) is 0 Å². The lowest BCUT2D eigenvalue weighted by Gasteiger charge is -2.26. The van der Waals surface area contributed by atoms with Crippen molar-refractivity contribution >= 4 is 82.5 Å². The van der Waals surface area contributed by atoms with Crippen molar-refractivity contribution in [3.05, 3.63) is 237 Å². The molecule has 13 rings (SSSR count). The van der Waals surface area contributed by atoms with E-state index in [-0.39, 0.29) is 0 Å². The van der Waals surface area contributed by atoms with E-state index >= 15 is 0 Å². The third-order valence-electron chi connectivity index (χ3n) is 13.1. The fraction of sp³-hybridized carbons (Fsp3) is 0. The highest BCUT2D eigenvalue weighted by molar-refractivity contribution is 6.13. The Morgan fingerprint density at radius 2 is 0.785 bits per heavy atom. The Bertz CT molecular complexity index is 3920. The molecule has 0 spiro atoms. The van der Waals surface area contributed by atoms with Gasteiger partial charge >= 0.3 is 0 Å². The van der Waals surface area contributed by atoms with Gasteiger partial charge in [-0.15, -0.1) is 0 Å². The van der Waals surface area contributed by atoms with Crippen molar-refractivity contribution in [3.63, 3.8) is 0 Å². The molecule has 3 nitrogen and oxygen atoms in total. The molecule has 65 heavy (non-hydrogen) atoms. The number of fused-ring (bicyclic) bond motifs is 9. The first-order valence-electron chi connectivity index (χ1n) is 22.1. The molecule has 0 saturated heterocycles. The minimum absolute atomic E-state index is 0.885. The molecule has 0 radical (unpaired) electrons. The van der Waals surface area contributed by atoms with Crippen LogP contribution in [0.3, 0.4) is 0 Å². The molecule has 2 aromatic heterocycles. The molecule has 0 fully saturated rings. The number of hydrogen-bond acceptors (Lipinski definition) is 3. The summed E-state index contributed by atoms with van der Waals surface area (Å²) in [6, 6.07) is 84.7. The maximum atomic E-state index is 6.51. The van der Waals surface area contributed by atoms with Gasteiger partial charge in [0.15, 0.2) is 0 Å². The molecule has 0 unspecified atom stereocenters. The van der Waals surface area contributed by atoms with Crippen LogP contribution in [0.25, 0.3) is 110 Å². The minimum Gasteiger partial charge on any atom is -0.456 e. The van der Waals surface area contributed by atoms with Crippen LogP contribution in [-0.4, -0.2) is 0 Å². The number of benzene rings is 11. The Kier molecular flexibility index (Phi) is 8.53.